The highest BCUT2D eigenvalue weighted by atomic mass is 79.9. The highest BCUT2D eigenvalue weighted by molar-refractivity contribution is 9.10. The molecule has 0 bridgehead atoms. The van der Waals surface area contributed by atoms with Gasteiger partial charge in [0.15, 0.2) is 5.82 Å². The van der Waals surface area contributed by atoms with E-state index in [1.165, 1.54) is 6.07 Å². The molecule has 21 heavy (non-hydrogen) atoms. The molecule has 3 N–H and O–H groups in total. The van der Waals surface area contributed by atoms with E-state index >= 15 is 0 Å². The first-order valence-corrected chi connectivity index (χ1v) is 8.46. The SMILES string of the molecule is Nc1cc(Cl)cc(S(=O)(=O)Nc2cc(Cl)ccc2Br)c1F. The first-order chi connectivity index (χ1) is 9.70. The fraction of sp³-hybridized carbons (Fsp3) is 0. The fourth-order valence-electron chi connectivity index (χ4n) is 1.56. The van der Waals surface area contributed by atoms with E-state index in [0.717, 1.165) is 12.1 Å². The van der Waals surface area contributed by atoms with E-state index in [9.17, 15) is 12.8 Å². The third-order valence-corrected chi connectivity index (χ3v) is 5.00. The van der Waals surface area contributed by atoms with Crippen LogP contribution in [0.1, 0.15) is 0 Å². The van der Waals surface area contributed by atoms with Crippen molar-refractivity contribution in [2.24, 2.45) is 0 Å². The lowest BCUT2D eigenvalue weighted by Gasteiger charge is -2.12. The second-order valence-electron chi connectivity index (χ2n) is 4.04. The molecule has 2 rings (SSSR count). The summed E-state index contributed by atoms with van der Waals surface area (Å²) in [4.78, 5) is -0.639. The summed E-state index contributed by atoms with van der Waals surface area (Å²) in [5, 5.41) is 0.335. The van der Waals surface area contributed by atoms with E-state index in [1.54, 1.807) is 12.1 Å². The third-order valence-electron chi connectivity index (χ3n) is 2.49. The van der Waals surface area contributed by atoms with Crippen LogP contribution in [0.4, 0.5) is 15.8 Å². The summed E-state index contributed by atoms with van der Waals surface area (Å²) in [5.74, 6) is -1.06. The molecule has 0 aliphatic rings. The summed E-state index contributed by atoms with van der Waals surface area (Å²) < 4.78 is 41.1. The van der Waals surface area contributed by atoms with Crippen LogP contribution >= 0.6 is 39.1 Å². The molecule has 112 valence electrons. The first kappa shape index (κ1) is 16.4. The minimum absolute atomic E-state index is 0.0134. The molecular weight excluding hydrogens is 406 g/mol. The first-order valence-electron chi connectivity index (χ1n) is 5.43. The molecular formula is C12H8BrCl2FN2O2S. The number of rotatable bonds is 3. The zero-order valence-electron chi connectivity index (χ0n) is 10.2. The van der Waals surface area contributed by atoms with Crippen LogP contribution in [-0.2, 0) is 10.0 Å². The van der Waals surface area contributed by atoms with E-state index in [2.05, 4.69) is 20.7 Å². The summed E-state index contributed by atoms with van der Waals surface area (Å²) in [6, 6.07) is 6.62. The molecule has 0 aromatic heterocycles. The zero-order valence-corrected chi connectivity index (χ0v) is 14.1. The number of benzene rings is 2. The van der Waals surface area contributed by atoms with Gasteiger partial charge in [0, 0.05) is 14.5 Å². The summed E-state index contributed by atoms with van der Waals surface area (Å²) in [6.07, 6.45) is 0. The molecule has 2 aromatic rings. The number of halogens is 4. The van der Waals surface area contributed by atoms with Crippen molar-refractivity contribution >= 4 is 60.5 Å². The second kappa shape index (κ2) is 6.00. The van der Waals surface area contributed by atoms with E-state index in [0.29, 0.717) is 9.50 Å². The Bertz CT molecular complexity index is 815. The molecule has 0 amide bonds. The molecule has 0 saturated heterocycles. The lowest BCUT2D eigenvalue weighted by atomic mass is 10.3. The molecule has 0 fully saturated rings. The Labute approximate surface area is 139 Å². The Balaban J connectivity index is 2.51. The predicted octanol–water partition coefficient (Wildman–Crippen LogP) is 4.28. The standard InChI is InChI=1S/C12H8BrCl2FN2O2S/c13-8-2-1-6(14)4-10(8)18-21(19,20)11-5-7(15)3-9(17)12(11)16/h1-5,18H,17H2. The molecule has 2 aromatic carbocycles. The maximum Gasteiger partial charge on any atom is 0.264 e. The van der Waals surface area contributed by atoms with Gasteiger partial charge in [-0.25, -0.2) is 12.8 Å². The number of nitrogen functional groups attached to an aromatic ring is 1. The minimum Gasteiger partial charge on any atom is -0.396 e. The zero-order chi connectivity index (χ0) is 15.8. The fourth-order valence-corrected chi connectivity index (χ4v) is 3.70. The monoisotopic (exact) mass is 412 g/mol. The Kier molecular flexibility index (Phi) is 4.67. The molecule has 0 atom stereocenters. The van der Waals surface area contributed by atoms with Gasteiger partial charge < -0.3 is 5.73 Å². The van der Waals surface area contributed by atoms with Crippen LogP contribution in [0.25, 0.3) is 0 Å². The summed E-state index contributed by atoms with van der Waals surface area (Å²) in [6.45, 7) is 0. The van der Waals surface area contributed by atoms with E-state index in [4.69, 9.17) is 28.9 Å². The van der Waals surface area contributed by atoms with E-state index in [-0.39, 0.29) is 16.4 Å². The molecule has 4 nitrogen and oxygen atoms in total. The number of anilines is 2. The maximum absolute atomic E-state index is 13.9. The molecule has 0 aliphatic heterocycles. The molecule has 0 saturated carbocycles. The van der Waals surface area contributed by atoms with Crippen LogP contribution in [0, 0.1) is 5.82 Å². The third kappa shape index (κ3) is 3.60. The number of nitrogens with two attached hydrogens (primary N) is 1. The van der Waals surface area contributed by atoms with Crippen molar-refractivity contribution < 1.29 is 12.8 Å². The van der Waals surface area contributed by atoms with Crippen molar-refractivity contribution in [2.45, 2.75) is 4.90 Å². The molecule has 0 aliphatic carbocycles. The van der Waals surface area contributed by atoms with Crippen molar-refractivity contribution in [1.82, 2.24) is 0 Å². The van der Waals surface area contributed by atoms with Gasteiger partial charge in [-0.2, -0.15) is 0 Å². The van der Waals surface area contributed by atoms with Crippen LogP contribution < -0.4 is 10.5 Å². The van der Waals surface area contributed by atoms with Gasteiger partial charge in [-0.05, 0) is 46.3 Å². The van der Waals surface area contributed by atoms with Crippen molar-refractivity contribution in [3.63, 3.8) is 0 Å². The van der Waals surface area contributed by atoms with Crippen LogP contribution in [0.2, 0.25) is 10.0 Å². The number of hydrogen-bond donors (Lipinski definition) is 2. The van der Waals surface area contributed by atoms with Gasteiger partial charge in [-0.1, -0.05) is 23.2 Å². The Morgan fingerprint density at radius 2 is 1.81 bits per heavy atom. The van der Waals surface area contributed by atoms with Crippen LogP contribution in [0.3, 0.4) is 0 Å². The van der Waals surface area contributed by atoms with Crippen LogP contribution in [0.5, 0.6) is 0 Å². The van der Waals surface area contributed by atoms with Gasteiger partial charge in [0.25, 0.3) is 10.0 Å². The predicted molar refractivity (Wildman–Crippen MR) is 85.8 cm³/mol. The largest absolute Gasteiger partial charge is 0.396 e. The Hall–Kier alpha value is -1.02. The van der Waals surface area contributed by atoms with Crippen molar-refractivity contribution in [3.8, 4) is 0 Å². The number of hydrogen-bond acceptors (Lipinski definition) is 3. The van der Waals surface area contributed by atoms with Crippen molar-refractivity contribution in [1.29, 1.82) is 0 Å². The van der Waals surface area contributed by atoms with Gasteiger partial charge in [-0.3, -0.25) is 4.72 Å². The van der Waals surface area contributed by atoms with Crippen LogP contribution in [-0.4, -0.2) is 8.42 Å². The summed E-state index contributed by atoms with van der Waals surface area (Å²) >= 11 is 14.7. The van der Waals surface area contributed by atoms with Gasteiger partial charge in [0.1, 0.15) is 4.90 Å². The van der Waals surface area contributed by atoms with E-state index < -0.39 is 20.7 Å². The lowest BCUT2D eigenvalue weighted by molar-refractivity contribution is 0.573. The second-order valence-corrected chi connectivity index (χ2v) is 7.41. The Morgan fingerprint density at radius 3 is 2.48 bits per heavy atom. The molecule has 9 heteroatoms. The lowest BCUT2D eigenvalue weighted by Crippen LogP contribution is -2.16. The molecule has 0 unspecified atom stereocenters. The smallest absolute Gasteiger partial charge is 0.264 e. The average molecular weight is 414 g/mol. The Morgan fingerprint density at radius 1 is 1.14 bits per heavy atom. The van der Waals surface area contributed by atoms with Gasteiger partial charge in [0.05, 0.1) is 11.4 Å². The van der Waals surface area contributed by atoms with E-state index in [1.807, 2.05) is 0 Å². The topological polar surface area (TPSA) is 72.2 Å². The van der Waals surface area contributed by atoms with Gasteiger partial charge in [-0.15, -0.1) is 0 Å². The molecule has 0 heterocycles. The summed E-state index contributed by atoms with van der Waals surface area (Å²) in [7, 11) is -4.21. The minimum atomic E-state index is -4.21. The van der Waals surface area contributed by atoms with Gasteiger partial charge in [0.2, 0.25) is 0 Å². The quantitative estimate of drug-likeness (QED) is 0.737. The maximum atomic E-state index is 13.9. The van der Waals surface area contributed by atoms with Crippen molar-refractivity contribution in [3.05, 3.63) is 50.7 Å². The van der Waals surface area contributed by atoms with Crippen molar-refractivity contribution in [2.75, 3.05) is 10.5 Å². The molecule has 0 spiro atoms. The van der Waals surface area contributed by atoms with Crippen LogP contribution in [0.15, 0.2) is 39.7 Å². The summed E-state index contributed by atoms with van der Waals surface area (Å²) in [5.41, 5.74) is 5.20. The van der Waals surface area contributed by atoms with Gasteiger partial charge >= 0.3 is 0 Å². The highest BCUT2D eigenvalue weighted by Crippen LogP contribution is 2.30. The number of sulfonamides is 1. The average Bonchev–Trinajstić information content (AvgIpc) is 2.37. The molecule has 0 radical (unpaired) electrons. The highest BCUT2D eigenvalue weighted by Gasteiger charge is 2.22. The normalized spacial score (nSPS) is 11.4. The number of nitrogens with one attached hydrogen (secondary N) is 1.